The largest absolute Gasteiger partial charge is 0.352 e. The van der Waals surface area contributed by atoms with E-state index in [9.17, 15) is 4.79 Å². The minimum absolute atomic E-state index is 0.0168. The molecule has 17 heavy (non-hydrogen) atoms. The average molecular weight is 265 g/mol. The van der Waals surface area contributed by atoms with E-state index >= 15 is 0 Å². The van der Waals surface area contributed by atoms with E-state index in [0.29, 0.717) is 12.3 Å². The topological polar surface area (TPSA) is 54.9 Å². The van der Waals surface area contributed by atoms with Crippen molar-refractivity contribution >= 4 is 39.2 Å². The molecule has 0 aromatic carbocycles. The molecule has 2 aromatic heterocycles. The number of hydrogen-bond acceptors (Lipinski definition) is 5. The van der Waals surface area contributed by atoms with Crippen LogP contribution in [-0.4, -0.2) is 28.2 Å². The number of rotatable bonds is 5. The molecule has 0 bridgehead atoms. The first-order valence-electron chi connectivity index (χ1n) is 5.00. The van der Waals surface area contributed by atoms with Gasteiger partial charge in [-0.05, 0) is 11.4 Å². The van der Waals surface area contributed by atoms with E-state index in [-0.39, 0.29) is 5.91 Å². The van der Waals surface area contributed by atoms with Gasteiger partial charge in [0.25, 0.3) is 0 Å². The molecule has 1 amide bonds. The second kappa shape index (κ2) is 5.79. The van der Waals surface area contributed by atoms with Crippen molar-refractivity contribution in [3.8, 4) is 0 Å². The Hall–Kier alpha value is -1.40. The van der Waals surface area contributed by atoms with Gasteiger partial charge in [-0.15, -0.1) is 17.9 Å². The van der Waals surface area contributed by atoms with E-state index in [2.05, 4.69) is 21.9 Å². The lowest BCUT2D eigenvalue weighted by Crippen LogP contribution is -2.24. The zero-order chi connectivity index (χ0) is 12.1. The van der Waals surface area contributed by atoms with Crippen molar-refractivity contribution < 1.29 is 4.79 Å². The van der Waals surface area contributed by atoms with Gasteiger partial charge >= 0.3 is 0 Å². The lowest BCUT2D eigenvalue weighted by molar-refractivity contribution is -0.118. The van der Waals surface area contributed by atoms with Crippen molar-refractivity contribution in [1.82, 2.24) is 15.3 Å². The van der Waals surface area contributed by atoms with E-state index in [4.69, 9.17) is 0 Å². The summed E-state index contributed by atoms with van der Waals surface area (Å²) in [5.41, 5.74) is 0. The first kappa shape index (κ1) is 12.1. The Morgan fingerprint density at radius 2 is 2.47 bits per heavy atom. The fourth-order valence-corrected chi connectivity index (χ4v) is 2.86. The summed E-state index contributed by atoms with van der Waals surface area (Å²) in [4.78, 5) is 20.7. The van der Waals surface area contributed by atoms with Crippen molar-refractivity contribution in [2.45, 2.75) is 5.03 Å². The number of carbonyl (C=O) groups is 1. The van der Waals surface area contributed by atoms with E-state index in [1.54, 1.807) is 17.4 Å². The first-order chi connectivity index (χ1) is 8.31. The number of amides is 1. The molecule has 2 aromatic rings. The van der Waals surface area contributed by atoms with Gasteiger partial charge in [-0.2, -0.15) is 0 Å². The molecule has 0 aliphatic carbocycles. The maximum absolute atomic E-state index is 11.4. The van der Waals surface area contributed by atoms with Gasteiger partial charge in [0, 0.05) is 11.9 Å². The summed E-state index contributed by atoms with van der Waals surface area (Å²) in [5, 5.41) is 6.56. The van der Waals surface area contributed by atoms with E-state index in [1.807, 2.05) is 11.4 Å². The van der Waals surface area contributed by atoms with Crippen LogP contribution in [0.15, 0.2) is 35.5 Å². The summed E-state index contributed by atoms with van der Waals surface area (Å²) in [5.74, 6) is 0.340. The highest BCUT2D eigenvalue weighted by Crippen LogP contribution is 2.27. The molecule has 1 N–H and O–H groups in total. The predicted octanol–water partition coefficient (Wildman–Crippen LogP) is 2.09. The molecule has 2 heterocycles. The summed E-state index contributed by atoms with van der Waals surface area (Å²) in [6, 6.07) is 1.98. The number of thioether (sulfide) groups is 1. The van der Waals surface area contributed by atoms with Gasteiger partial charge < -0.3 is 5.32 Å². The molecule has 88 valence electrons. The van der Waals surface area contributed by atoms with Gasteiger partial charge in [-0.1, -0.05) is 17.8 Å². The predicted molar refractivity (Wildman–Crippen MR) is 71.3 cm³/mol. The quantitative estimate of drug-likeness (QED) is 0.511. The Morgan fingerprint density at radius 3 is 3.29 bits per heavy atom. The highest BCUT2D eigenvalue weighted by Gasteiger charge is 2.07. The van der Waals surface area contributed by atoms with Crippen LogP contribution in [-0.2, 0) is 4.79 Å². The Balaban J connectivity index is 2.01. The van der Waals surface area contributed by atoms with Crippen LogP contribution in [0.4, 0.5) is 0 Å². The molecule has 0 aliphatic heterocycles. The number of thiophene rings is 1. The Morgan fingerprint density at radius 1 is 1.59 bits per heavy atom. The van der Waals surface area contributed by atoms with Crippen molar-refractivity contribution in [3.63, 3.8) is 0 Å². The van der Waals surface area contributed by atoms with Crippen molar-refractivity contribution in [2.24, 2.45) is 0 Å². The van der Waals surface area contributed by atoms with Crippen LogP contribution in [0.1, 0.15) is 0 Å². The van der Waals surface area contributed by atoms with Crippen LogP contribution in [0.3, 0.4) is 0 Å². The van der Waals surface area contributed by atoms with Gasteiger partial charge in [-0.25, -0.2) is 9.97 Å². The third-order valence-electron chi connectivity index (χ3n) is 2.01. The second-order valence-electron chi connectivity index (χ2n) is 3.20. The van der Waals surface area contributed by atoms with Gasteiger partial charge in [0.05, 0.1) is 5.75 Å². The number of nitrogens with zero attached hydrogens (tertiary/aromatic N) is 2. The van der Waals surface area contributed by atoms with Crippen molar-refractivity contribution in [1.29, 1.82) is 0 Å². The van der Waals surface area contributed by atoms with Gasteiger partial charge in [0.2, 0.25) is 5.91 Å². The first-order valence-corrected chi connectivity index (χ1v) is 6.86. The normalized spacial score (nSPS) is 10.4. The molecular formula is C11H11N3OS2. The average Bonchev–Trinajstić information content (AvgIpc) is 2.82. The number of fused-ring (bicyclic) bond motifs is 1. The van der Waals surface area contributed by atoms with Gasteiger partial charge in [0.1, 0.15) is 16.2 Å². The van der Waals surface area contributed by atoms with Crippen LogP contribution in [0, 0.1) is 0 Å². The summed E-state index contributed by atoms with van der Waals surface area (Å²) in [6.07, 6.45) is 3.19. The SMILES string of the molecule is C=CCNC(=O)CSc1ncnc2sccc12. The van der Waals surface area contributed by atoms with Crippen LogP contribution >= 0.6 is 23.1 Å². The molecule has 0 unspecified atom stereocenters. The number of aromatic nitrogens is 2. The summed E-state index contributed by atoms with van der Waals surface area (Å²) in [7, 11) is 0. The molecule has 0 saturated carbocycles. The summed E-state index contributed by atoms with van der Waals surface area (Å²) in [6.45, 7) is 4.04. The maximum Gasteiger partial charge on any atom is 0.230 e. The van der Waals surface area contributed by atoms with Gasteiger partial charge in [-0.3, -0.25) is 4.79 Å². The molecule has 0 spiro atoms. The molecule has 0 fully saturated rings. The molecule has 6 heteroatoms. The third kappa shape index (κ3) is 3.04. The zero-order valence-corrected chi connectivity index (χ0v) is 10.7. The number of carbonyl (C=O) groups excluding carboxylic acids is 1. The van der Waals surface area contributed by atoms with E-state index < -0.39 is 0 Å². The number of hydrogen-bond donors (Lipinski definition) is 1. The molecular weight excluding hydrogens is 254 g/mol. The highest BCUT2D eigenvalue weighted by molar-refractivity contribution is 8.00. The van der Waals surface area contributed by atoms with E-state index in [1.165, 1.54) is 18.1 Å². The Kier molecular flexibility index (Phi) is 4.11. The smallest absolute Gasteiger partial charge is 0.230 e. The lowest BCUT2D eigenvalue weighted by atomic mass is 10.4. The molecule has 0 saturated heterocycles. The molecule has 4 nitrogen and oxygen atoms in total. The molecule has 2 rings (SSSR count). The van der Waals surface area contributed by atoms with Crippen LogP contribution < -0.4 is 5.32 Å². The molecule has 0 radical (unpaired) electrons. The number of nitrogens with one attached hydrogen (secondary N) is 1. The van der Waals surface area contributed by atoms with Crippen LogP contribution in [0.25, 0.3) is 10.2 Å². The minimum Gasteiger partial charge on any atom is -0.352 e. The second-order valence-corrected chi connectivity index (χ2v) is 5.06. The Labute approximate surface area is 107 Å². The minimum atomic E-state index is -0.0168. The van der Waals surface area contributed by atoms with Crippen molar-refractivity contribution in [2.75, 3.05) is 12.3 Å². The third-order valence-corrected chi connectivity index (χ3v) is 3.83. The highest BCUT2D eigenvalue weighted by atomic mass is 32.2. The van der Waals surface area contributed by atoms with Crippen LogP contribution in [0.5, 0.6) is 0 Å². The molecule has 0 atom stereocenters. The maximum atomic E-state index is 11.4. The zero-order valence-electron chi connectivity index (χ0n) is 9.05. The summed E-state index contributed by atoms with van der Waals surface area (Å²) >= 11 is 2.99. The molecule has 0 aliphatic rings. The monoisotopic (exact) mass is 265 g/mol. The summed E-state index contributed by atoms with van der Waals surface area (Å²) < 4.78 is 0. The fourth-order valence-electron chi connectivity index (χ4n) is 1.25. The van der Waals surface area contributed by atoms with Gasteiger partial charge in [0.15, 0.2) is 0 Å². The lowest BCUT2D eigenvalue weighted by Gasteiger charge is -2.02. The van der Waals surface area contributed by atoms with Crippen LogP contribution in [0.2, 0.25) is 0 Å². The van der Waals surface area contributed by atoms with E-state index in [0.717, 1.165) is 15.2 Å². The standard InChI is InChI=1S/C11H11N3OS2/c1-2-4-12-9(15)6-17-11-8-3-5-16-10(8)13-7-14-11/h2-3,5,7H,1,4,6H2,(H,12,15). The van der Waals surface area contributed by atoms with Crippen molar-refractivity contribution in [3.05, 3.63) is 30.4 Å². The fraction of sp³-hybridized carbons (Fsp3) is 0.182. The Bertz CT molecular complexity index is 538.